The molecule has 2 amide bonds. The standard InChI is InChI=1S/C23H40N2O6S/c1-22(2,3)31-21(29)25-16-15-32-17(20(16)30-23(25,4)5)11-8-9-12-18(26)24-14-10-6-7-13-19(27)28/h16-17,20H,6-15H2,1-5H3,(H,24,26)(H,27,28)/t16-,17-,20-/m0/s1. The molecule has 0 aliphatic carbocycles. The zero-order valence-corrected chi connectivity index (χ0v) is 21.0. The third-order valence-corrected chi connectivity index (χ3v) is 7.15. The van der Waals surface area contributed by atoms with Crippen LogP contribution in [-0.2, 0) is 19.1 Å². The first-order valence-electron chi connectivity index (χ1n) is 11.7. The van der Waals surface area contributed by atoms with Gasteiger partial charge < -0.3 is 19.9 Å². The van der Waals surface area contributed by atoms with E-state index in [4.69, 9.17) is 14.6 Å². The van der Waals surface area contributed by atoms with E-state index in [1.54, 1.807) is 4.90 Å². The zero-order chi connectivity index (χ0) is 23.9. The van der Waals surface area contributed by atoms with Crippen molar-refractivity contribution in [3.05, 3.63) is 0 Å². The Morgan fingerprint density at radius 2 is 1.81 bits per heavy atom. The zero-order valence-electron chi connectivity index (χ0n) is 20.1. The molecule has 2 aliphatic rings. The Bertz CT molecular complexity index is 663. The minimum atomic E-state index is -0.773. The molecule has 0 aromatic rings. The van der Waals surface area contributed by atoms with E-state index in [1.165, 1.54) is 0 Å². The largest absolute Gasteiger partial charge is 0.481 e. The normalized spacial score (nSPS) is 24.3. The monoisotopic (exact) mass is 472 g/mol. The first-order chi connectivity index (χ1) is 14.9. The molecular formula is C23H40N2O6S. The van der Waals surface area contributed by atoms with Gasteiger partial charge in [-0.15, -0.1) is 0 Å². The molecule has 3 atom stereocenters. The number of carbonyl (C=O) groups is 3. The first kappa shape index (κ1) is 26.8. The smallest absolute Gasteiger partial charge is 0.412 e. The van der Waals surface area contributed by atoms with Gasteiger partial charge in [0.25, 0.3) is 0 Å². The summed E-state index contributed by atoms with van der Waals surface area (Å²) >= 11 is 1.84. The number of nitrogens with zero attached hydrogens (tertiary/aromatic N) is 1. The summed E-state index contributed by atoms with van der Waals surface area (Å²) in [4.78, 5) is 37.0. The van der Waals surface area contributed by atoms with Gasteiger partial charge in [-0.3, -0.25) is 14.5 Å². The maximum atomic E-state index is 12.8. The molecule has 0 radical (unpaired) electrons. The van der Waals surface area contributed by atoms with Crippen molar-refractivity contribution in [1.82, 2.24) is 10.2 Å². The van der Waals surface area contributed by atoms with E-state index in [0.29, 0.717) is 24.6 Å². The number of hydrogen-bond acceptors (Lipinski definition) is 6. The highest BCUT2D eigenvalue weighted by atomic mass is 32.2. The van der Waals surface area contributed by atoms with Crippen molar-refractivity contribution < 1.29 is 29.0 Å². The van der Waals surface area contributed by atoms with E-state index in [2.05, 4.69) is 5.32 Å². The predicted octanol–water partition coefficient (Wildman–Crippen LogP) is 4.16. The van der Waals surface area contributed by atoms with Crippen LogP contribution < -0.4 is 5.32 Å². The molecule has 2 heterocycles. The Morgan fingerprint density at radius 3 is 2.47 bits per heavy atom. The summed E-state index contributed by atoms with van der Waals surface area (Å²) in [5.41, 5.74) is -1.24. The fourth-order valence-electron chi connectivity index (χ4n) is 4.26. The van der Waals surface area contributed by atoms with E-state index in [9.17, 15) is 14.4 Å². The van der Waals surface area contributed by atoms with Crippen LogP contribution in [0.3, 0.4) is 0 Å². The lowest BCUT2D eigenvalue weighted by Gasteiger charge is -2.34. The summed E-state index contributed by atoms with van der Waals surface area (Å²) in [6, 6.07) is 0.0132. The molecular weight excluding hydrogens is 432 g/mol. The van der Waals surface area contributed by atoms with Crippen molar-refractivity contribution in [2.24, 2.45) is 0 Å². The number of thioether (sulfide) groups is 1. The van der Waals surface area contributed by atoms with Gasteiger partial charge in [0.1, 0.15) is 11.3 Å². The number of rotatable bonds is 11. The second kappa shape index (κ2) is 11.6. The van der Waals surface area contributed by atoms with Crippen molar-refractivity contribution in [3.8, 4) is 0 Å². The minimum absolute atomic E-state index is 0.0119. The highest BCUT2D eigenvalue weighted by Crippen LogP contribution is 2.45. The van der Waals surface area contributed by atoms with Crippen LogP contribution in [0.1, 0.15) is 86.0 Å². The Balaban J connectivity index is 1.68. The number of unbranched alkanes of at least 4 members (excludes halogenated alkanes) is 3. The summed E-state index contributed by atoms with van der Waals surface area (Å²) < 4.78 is 11.9. The Labute approximate surface area is 196 Å². The second-order valence-corrected chi connectivity index (χ2v) is 11.4. The van der Waals surface area contributed by atoms with E-state index < -0.39 is 17.3 Å². The van der Waals surface area contributed by atoms with Gasteiger partial charge >= 0.3 is 12.1 Å². The fraction of sp³-hybridized carbons (Fsp3) is 0.870. The first-order valence-corrected chi connectivity index (χ1v) is 12.8. The lowest BCUT2D eigenvalue weighted by molar-refractivity contribution is -0.137. The van der Waals surface area contributed by atoms with Crippen LogP contribution in [0, 0.1) is 0 Å². The fourth-order valence-corrected chi connectivity index (χ4v) is 5.81. The molecule has 2 rings (SSSR count). The van der Waals surface area contributed by atoms with Crippen LogP contribution in [-0.4, -0.2) is 69.0 Å². The molecule has 8 nitrogen and oxygen atoms in total. The summed E-state index contributed by atoms with van der Waals surface area (Å²) in [5, 5.41) is 11.8. The molecule has 0 unspecified atom stereocenters. The Morgan fingerprint density at radius 1 is 1.12 bits per heavy atom. The molecule has 2 fully saturated rings. The van der Waals surface area contributed by atoms with Crippen LogP contribution >= 0.6 is 11.8 Å². The summed E-state index contributed by atoms with van der Waals surface area (Å²) in [5.74, 6) is 0.111. The number of carbonyl (C=O) groups excluding carboxylic acids is 2. The van der Waals surface area contributed by atoms with Gasteiger partial charge in [0.05, 0.1) is 12.1 Å². The maximum Gasteiger partial charge on any atom is 0.412 e. The molecule has 9 heteroatoms. The van der Waals surface area contributed by atoms with E-state index in [-0.39, 0.29) is 30.6 Å². The summed E-state index contributed by atoms with van der Waals surface area (Å²) in [7, 11) is 0. The van der Waals surface area contributed by atoms with Crippen molar-refractivity contribution in [1.29, 1.82) is 0 Å². The quantitative estimate of drug-likeness (QED) is 0.435. The van der Waals surface area contributed by atoms with Crippen LogP contribution in [0.2, 0.25) is 0 Å². The summed E-state index contributed by atoms with van der Waals surface area (Å²) in [6.07, 6.45) is 5.32. The molecule has 2 aliphatic heterocycles. The molecule has 0 aromatic carbocycles. The van der Waals surface area contributed by atoms with Gasteiger partial charge in [0, 0.05) is 30.4 Å². The third-order valence-electron chi connectivity index (χ3n) is 5.69. The number of carboxylic acid groups (broad SMARTS) is 1. The topological polar surface area (TPSA) is 105 Å². The van der Waals surface area contributed by atoms with Crippen LogP contribution in [0.15, 0.2) is 0 Å². The second-order valence-electron chi connectivity index (χ2n) is 10.1. The Kier molecular flexibility index (Phi) is 9.69. The molecule has 32 heavy (non-hydrogen) atoms. The molecule has 0 aromatic heterocycles. The highest BCUT2D eigenvalue weighted by molar-refractivity contribution is 8.00. The van der Waals surface area contributed by atoms with Crippen molar-refractivity contribution in [3.63, 3.8) is 0 Å². The molecule has 2 saturated heterocycles. The lowest BCUT2D eigenvalue weighted by Crippen LogP contribution is -2.50. The number of amides is 2. The minimum Gasteiger partial charge on any atom is -0.481 e. The summed E-state index contributed by atoms with van der Waals surface area (Å²) in [6.45, 7) is 10.0. The molecule has 2 N–H and O–H groups in total. The van der Waals surface area contributed by atoms with Gasteiger partial charge in [0.15, 0.2) is 0 Å². The molecule has 184 valence electrons. The SMILES string of the molecule is CC(C)(C)OC(=O)N1[C@H]2CS[C@@H](CCCCC(=O)NCCCCCC(=O)O)[C@H]2OC1(C)C. The van der Waals surface area contributed by atoms with E-state index in [0.717, 1.165) is 37.9 Å². The average Bonchev–Trinajstić information content (AvgIpc) is 3.13. The average molecular weight is 473 g/mol. The third kappa shape index (κ3) is 8.14. The van der Waals surface area contributed by atoms with Gasteiger partial charge in [-0.05, 0) is 60.3 Å². The van der Waals surface area contributed by atoms with E-state index >= 15 is 0 Å². The van der Waals surface area contributed by atoms with Crippen LogP contribution in [0.25, 0.3) is 0 Å². The highest BCUT2D eigenvalue weighted by Gasteiger charge is 2.56. The Hall–Kier alpha value is -1.48. The van der Waals surface area contributed by atoms with Crippen LogP contribution in [0.5, 0.6) is 0 Å². The van der Waals surface area contributed by atoms with Gasteiger partial charge in [-0.2, -0.15) is 11.8 Å². The predicted molar refractivity (Wildman–Crippen MR) is 125 cm³/mol. The number of nitrogens with one attached hydrogen (secondary N) is 1. The number of aliphatic carboxylic acids is 1. The van der Waals surface area contributed by atoms with Crippen molar-refractivity contribution >= 4 is 29.7 Å². The number of ether oxygens (including phenoxy) is 2. The van der Waals surface area contributed by atoms with Gasteiger partial charge in [-0.25, -0.2) is 4.79 Å². The lowest BCUT2D eigenvalue weighted by atomic mass is 10.0. The number of carboxylic acids is 1. The number of fused-ring (bicyclic) bond motifs is 1. The molecule has 0 saturated carbocycles. The molecule has 0 spiro atoms. The van der Waals surface area contributed by atoms with Crippen LogP contribution in [0.4, 0.5) is 4.79 Å². The van der Waals surface area contributed by atoms with Gasteiger partial charge in [0.2, 0.25) is 5.91 Å². The van der Waals surface area contributed by atoms with Crippen molar-refractivity contribution in [2.45, 2.75) is 115 Å². The van der Waals surface area contributed by atoms with E-state index in [1.807, 2.05) is 46.4 Å². The van der Waals surface area contributed by atoms with Crippen molar-refractivity contribution in [2.75, 3.05) is 12.3 Å². The maximum absolute atomic E-state index is 12.8. The van der Waals surface area contributed by atoms with Gasteiger partial charge in [-0.1, -0.05) is 12.8 Å². The number of hydrogen-bond donors (Lipinski definition) is 2. The molecule has 0 bridgehead atoms.